The zero-order valence-electron chi connectivity index (χ0n) is 29.1. The molecule has 3 aromatic carbocycles. The smallest absolute Gasteiger partial charge is 0.416 e. The van der Waals surface area contributed by atoms with Crippen molar-refractivity contribution in [3.63, 3.8) is 0 Å². The Morgan fingerprint density at radius 2 is 1.91 bits per heavy atom. The van der Waals surface area contributed by atoms with Crippen LogP contribution in [0.2, 0.25) is 5.02 Å². The average Bonchev–Trinajstić information content (AvgIpc) is 3.81. The number of rotatable bonds is 13. The van der Waals surface area contributed by atoms with Gasteiger partial charge in [-0.25, -0.2) is 14.2 Å². The highest BCUT2D eigenvalue weighted by atomic mass is 35.5. The molecule has 2 N–H and O–H groups in total. The molecular weight excluding hydrogens is 768 g/mol. The molecule has 5 rings (SSSR count). The Balaban J connectivity index is 0.00000378. The zero-order chi connectivity index (χ0) is 36.7. The first-order valence-corrected chi connectivity index (χ1v) is 17.1. The van der Waals surface area contributed by atoms with Gasteiger partial charge in [0.25, 0.3) is 6.33 Å². The summed E-state index contributed by atoms with van der Waals surface area (Å²) in [4.78, 5) is 31.2. The molecule has 17 heteroatoms. The number of esters is 1. The summed E-state index contributed by atoms with van der Waals surface area (Å²) in [6.07, 6.45) is 1.48. The number of nitrogens with zero attached hydrogens (tertiary/aromatic N) is 6. The molecule has 2 aromatic heterocycles. The fourth-order valence-electron chi connectivity index (χ4n) is 5.37. The minimum atomic E-state index is -1.66. The van der Waals surface area contributed by atoms with E-state index in [-0.39, 0.29) is 44.5 Å². The number of aromatic nitrogens is 4. The summed E-state index contributed by atoms with van der Waals surface area (Å²) in [6, 6.07) is 19.9. The Morgan fingerprint density at radius 3 is 2.58 bits per heavy atom. The van der Waals surface area contributed by atoms with Crippen LogP contribution in [0.5, 0.6) is 0 Å². The van der Waals surface area contributed by atoms with Crippen molar-refractivity contribution < 1.29 is 45.5 Å². The van der Waals surface area contributed by atoms with Crippen LogP contribution in [0.4, 0.5) is 14.9 Å². The molecule has 0 fully saturated rings. The Hall–Kier alpha value is -4.62. The van der Waals surface area contributed by atoms with E-state index in [1.165, 1.54) is 52.5 Å². The van der Waals surface area contributed by atoms with Gasteiger partial charge in [-0.1, -0.05) is 48.9 Å². The number of carbonyl (C=O) groups excluding carboxylic acids is 2. The van der Waals surface area contributed by atoms with Crippen LogP contribution in [0.1, 0.15) is 47.7 Å². The summed E-state index contributed by atoms with van der Waals surface area (Å²) in [7, 11) is 3.14. The van der Waals surface area contributed by atoms with Crippen molar-refractivity contribution in [3.8, 4) is 17.3 Å². The maximum atomic E-state index is 14.5. The van der Waals surface area contributed by atoms with E-state index in [9.17, 15) is 19.1 Å². The topological polar surface area (TPSA) is 146 Å². The largest absolute Gasteiger partial charge is 1.00 e. The number of benzene rings is 3. The van der Waals surface area contributed by atoms with Crippen LogP contribution >= 0.6 is 35.3 Å². The molecule has 3 unspecified atom stereocenters. The summed E-state index contributed by atoms with van der Waals surface area (Å²) in [5, 5.41) is 31.4. The van der Waals surface area contributed by atoms with Crippen molar-refractivity contribution in [2.75, 3.05) is 25.5 Å². The number of thiazole rings is 1. The van der Waals surface area contributed by atoms with Gasteiger partial charge in [0.1, 0.15) is 24.6 Å². The van der Waals surface area contributed by atoms with Gasteiger partial charge >= 0.3 is 12.1 Å². The van der Waals surface area contributed by atoms with Crippen molar-refractivity contribution in [1.82, 2.24) is 20.1 Å². The molecule has 0 bridgehead atoms. The predicted octanol–water partition coefficient (Wildman–Crippen LogP) is 3.13. The Bertz CT molecular complexity index is 2060. The van der Waals surface area contributed by atoms with Gasteiger partial charge in [-0.05, 0) is 49.0 Å². The van der Waals surface area contributed by atoms with E-state index in [1.807, 2.05) is 24.4 Å². The minimum absolute atomic E-state index is 0. The fraction of sp³-hybridized carbons (Fsp3) is 0.278. The van der Waals surface area contributed by atoms with Crippen molar-refractivity contribution in [2.45, 2.75) is 44.7 Å². The highest BCUT2D eigenvalue weighted by molar-refractivity contribution is 7.10. The molecule has 0 radical (unpaired) electrons. The number of hydrogen-bond acceptors (Lipinski definition) is 10. The molecule has 2 heterocycles. The molecule has 1 amide bonds. The van der Waals surface area contributed by atoms with Crippen LogP contribution in [0.3, 0.4) is 0 Å². The quantitative estimate of drug-likeness (QED) is 0.136. The van der Waals surface area contributed by atoms with Gasteiger partial charge in [-0.3, -0.25) is 9.69 Å². The lowest BCUT2D eigenvalue weighted by atomic mass is 9.82. The first-order chi connectivity index (χ1) is 24.4. The first-order valence-electron chi connectivity index (χ1n) is 15.8. The van der Waals surface area contributed by atoms with Crippen LogP contribution in [0.15, 0.2) is 84.8 Å². The number of aliphatic hydroxyl groups is 1. The van der Waals surface area contributed by atoms with Crippen LogP contribution in [-0.2, 0) is 33.0 Å². The molecule has 0 saturated carbocycles. The Kier molecular flexibility index (Phi) is 15.3. The van der Waals surface area contributed by atoms with Crippen molar-refractivity contribution in [3.05, 3.63) is 117 Å². The van der Waals surface area contributed by atoms with Gasteiger partial charge in [0, 0.05) is 46.5 Å². The molecular formula is C36H37Cl3FN7O5S. The molecule has 0 saturated heterocycles. The third-order valence-electron chi connectivity index (χ3n) is 8.37. The van der Waals surface area contributed by atoms with Gasteiger partial charge in [0.15, 0.2) is 0 Å². The number of nitrogens with one attached hydrogen (secondary N) is 1. The maximum Gasteiger partial charge on any atom is 0.416 e. The first kappa shape index (κ1) is 42.8. The molecule has 0 aliphatic carbocycles. The lowest BCUT2D eigenvalue weighted by Crippen LogP contribution is -3.00. The number of nitriles is 1. The maximum absolute atomic E-state index is 14.5. The molecule has 0 aliphatic rings. The van der Waals surface area contributed by atoms with E-state index in [0.29, 0.717) is 38.1 Å². The second-order valence-electron chi connectivity index (χ2n) is 11.8. The van der Waals surface area contributed by atoms with E-state index in [1.54, 1.807) is 61.3 Å². The Morgan fingerprint density at radius 1 is 1.19 bits per heavy atom. The van der Waals surface area contributed by atoms with Crippen LogP contribution in [0.25, 0.3) is 11.3 Å². The summed E-state index contributed by atoms with van der Waals surface area (Å²) >= 11 is 7.76. The molecule has 3 atom stereocenters. The monoisotopic (exact) mass is 803 g/mol. The Labute approximate surface area is 327 Å². The molecule has 280 valence electrons. The van der Waals surface area contributed by atoms with E-state index >= 15 is 0 Å². The average molecular weight is 805 g/mol. The number of halogens is 4. The number of carbonyl (C=O) groups is 2. The number of amides is 1. The van der Waals surface area contributed by atoms with Crippen molar-refractivity contribution in [1.29, 1.82) is 5.26 Å². The third kappa shape index (κ3) is 10.1. The van der Waals surface area contributed by atoms with Gasteiger partial charge in [-0.15, -0.1) is 28.4 Å². The van der Waals surface area contributed by atoms with E-state index in [2.05, 4.69) is 16.5 Å². The van der Waals surface area contributed by atoms with Crippen LogP contribution < -0.4 is 27.2 Å². The number of likely N-dealkylation sites (N-methyl/N-ethyl adjacent to an activating group) is 1. The summed E-state index contributed by atoms with van der Waals surface area (Å²) in [5.41, 5.74) is 1.55. The lowest BCUT2D eigenvalue weighted by molar-refractivity contribution is -0.753. The number of anilines is 1. The molecule has 53 heavy (non-hydrogen) atoms. The zero-order valence-corrected chi connectivity index (χ0v) is 32.2. The number of hydrogen-bond donors (Lipinski definition) is 2. The van der Waals surface area contributed by atoms with Gasteiger partial charge < -0.3 is 32.3 Å². The third-order valence-corrected chi connectivity index (χ3v) is 9.75. The van der Waals surface area contributed by atoms with Gasteiger partial charge in [0.05, 0.1) is 34.6 Å². The molecule has 12 nitrogen and oxygen atoms in total. The standard InChI is InChI=1S/C36H36ClFN7O5S.2ClH/c1-23(34-42-31(19-51-34)26-13-11-25(16-39)12-14-26)36(48,27-7-5-8-28(38)15-27)20-45-22-44(21-41-45)24(2)50-35(47)43(4)32-10-6-9-30(37)29(32)18-49-33(46)17-40-3;;/h5-15,19,21-24,40,48H,17-18,20H2,1-4H3;2*1H/q+1;;/p-1. The van der Waals surface area contributed by atoms with E-state index in [0.717, 1.165) is 5.56 Å². The van der Waals surface area contributed by atoms with Crippen LogP contribution in [-0.4, -0.2) is 52.6 Å². The van der Waals surface area contributed by atoms with E-state index < -0.39 is 35.6 Å². The highest BCUT2D eigenvalue weighted by Crippen LogP contribution is 2.40. The lowest BCUT2D eigenvalue weighted by Gasteiger charge is -2.31. The van der Waals surface area contributed by atoms with Crippen LogP contribution in [0, 0.1) is 17.1 Å². The minimum Gasteiger partial charge on any atom is -1.00 e. The van der Waals surface area contributed by atoms with Crippen molar-refractivity contribution in [2.24, 2.45) is 0 Å². The summed E-state index contributed by atoms with van der Waals surface area (Å²) < 4.78 is 28.6. The van der Waals surface area contributed by atoms with Gasteiger partial charge in [0.2, 0.25) is 12.6 Å². The molecule has 0 aliphatic heterocycles. The molecule has 5 aromatic rings. The van der Waals surface area contributed by atoms with Gasteiger partial charge in [-0.2, -0.15) is 9.83 Å². The highest BCUT2D eigenvalue weighted by Gasteiger charge is 2.42. The summed E-state index contributed by atoms with van der Waals surface area (Å²) in [6.45, 7) is 3.25. The second kappa shape index (κ2) is 18.9. The number of ether oxygens (including phenoxy) is 2. The fourth-order valence-corrected chi connectivity index (χ4v) is 6.56. The second-order valence-corrected chi connectivity index (χ2v) is 13.1. The summed E-state index contributed by atoms with van der Waals surface area (Å²) in [5.74, 6) is -1.59. The SMILES string of the molecule is CNCC(=O)OCc1c(Cl)cccc1N(C)C(=O)OC(C)[n+]1cnn(CC(O)(c2cccc(F)c2)C(C)c2nc(-c3ccc(C#N)cc3)cs2)c1.Cl.[Cl-]. The normalized spacial score (nSPS) is 12.9. The van der Waals surface area contributed by atoms with E-state index in [4.69, 9.17) is 31.3 Å². The van der Waals surface area contributed by atoms with Crippen molar-refractivity contribution >= 4 is 53.1 Å². The molecule has 0 spiro atoms. The predicted molar refractivity (Wildman–Crippen MR) is 195 cm³/mol.